The maximum Gasteiger partial charge on any atom is 0.325 e. The van der Waals surface area contributed by atoms with Crippen LogP contribution >= 0.6 is 15.9 Å². The van der Waals surface area contributed by atoms with Gasteiger partial charge in [0.15, 0.2) is 0 Å². The van der Waals surface area contributed by atoms with E-state index in [2.05, 4.69) is 31.9 Å². The van der Waals surface area contributed by atoms with Crippen molar-refractivity contribution in [2.24, 2.45) is 0 Å². The number of urea groups is 1. The molecule has 1 spiro atoms. The molecular weight excluding hydrogens is 376 g/mol. The zero-order valence-electron chi connectivity index (χ0n) is 13.1. The molecule has 3 rings (SSSR count). The Labute approximate surface area is 148 Å². The first-order chi connectivity index (χ1) is 11.5. The SMILES string of the molecule is O=C(CN1C(=O)NC2(CCNCC2)C1=O)NCc1cccc(Br)c1. The second-order valence-electron chi connectivity index (χ2n) is 6.06. The van der Waals surface area contributed by atoms with Crippen LogP contribution in [-0.4, -0.2) is 47.9 Å². The lowest BCUT2D eigenvalue weighted by Gasteiger charge is -2.30. The molecule has 24 heavy (non-hydrogen) atoms. The van der Waals surface area contributed by atoms with Crippen LogP contribution in [-0.2, 0) is 16.1 Å². The lowest BCUT2D eigenvalue weighted by atomic mass is 9.88. The molecule has 128 valence electrons. The molecule has 2 aliphatic heterocycles. The Morgan fingerprint density at radius 3 is 2.75 bits per heavy atom. The van der Waals surface area contributed by atoms with Gasteiger partial charge in [0, 0.05) is 11.0 Å². The van der Waals surface area contributed by atoms with Gasteiger partial charge >= 0.3 is 6.03 Å². The van der Waals surface area contributed by atoms with Gasteiger partial charge in [-0.15, -0.1) is 0 Å². The molecule has 2 saturated heterocycles. The molecule has 1 aromatic carbocycles. The Balaban J connectivity index is 1.58. The molecule has 0 aromatic heterocycles. The van der Waals surface area contributed by atoms with Crippen molar-refractivity contribution in [2.75, 3.05) is 19.6 Å². The van der Waals surface area contributed by atoms with E-state index in [-0.39, 0.29) is 18.4 Å². The van der Waals surface area contributed by atoms with Crippen molar-refractivity contribution in [3.8, 4) is 0 Å². The zero-order chi connectivity index (χ0) is 17.2. The average Bonchev–Trinajstić information content (AvgIpc) is 2.78. The molecule has 8 heteroatoms. The van der Waals surface area contributed by atoms with E-state index in [1.165, 1.54) is 0 Å². The fourth-order valence-electron chi connectivity index (χ4n) is 3.06. The van der Waals surface area contributed by atoms with Crippen LogP contribution in [0.5, 0.6) is 0 Å². The molecule has 0 bridgehead atoms. The largest absolute Gasteiger partial charge is 0.350 e. The molecule has 2 fully saturated rings. The van der Waals surface area contributed by atoms with Crippen molar-refractivity contribution in [1.29, 1.82) is 0 Å². The van der Waals surface area contributed by atoms with Crippen LogP contribution in [0.25, 0.3) is 0 Å². The predicted octanol–water partition coefficient (Wildman–Crippen LogP) is 0.739. The van der Waals surface area contributed by atoms with Gasteiger partial charge in [0.1, 0.15) is 12.1 Å². The normalized spacial score (nSPS) is 19.5. The number of hydrogen-bond donors (Lipinski definition) is 3. The quantitative estimate of drug-likeness (QED) is 0.656. The number of piperidine rings is 1. The summed E-state index contributed by atoms with van der Waals surface area (Å²) in [7, 11) is 0. The van der Waals surface area contributed by atoms with Gasteiger partial charge in [-0.05, 0) is 43.6 Å². The van der Waals surface area contributed by atoms with Gasteiger partial charge < -0.3 is 16.0 Å². The van der Waals surface area contributed by atoms with E-state index >= 15 is 0 Å². The minimum Gasteiger partial charge on any atom is -0.350 e. The summed E-state index contributed by atoms with van der Waals surface area (Å²) in [5.41, 5.74) is 0.0946. The van der Waals surface area contributed by atoms with Gasteiger partial charge in [-0.1, -0.05) is 28.1 Å². The summed E-state index contributed by atoms with van der Waals surface area (Å²) in [5, 5.41) is 8.67. The number of hydrogen-bond acceptors (Lipinski definition) is 4. The third-order valence-electron chi connectivity index (χ3n) is 4.38. The number of imide groups is 1. The van der Waals surface area contributed by atoms with Crippen LogP contribution in [0.2, 0.25) is 0 Å². The average molecular weight is 395 g/mol. The summed E-state index contributed by atoms with van der Waals surface area (Å²) < 4.78 is 0.927. The second-order valence-corrected chi connectivity index (χ2v) is 6.98. The number of carbonyl (C=O) groups is 3. The molecule has 0 saturated carbocycles. The number of nitrogens with one attached hydrogen (secondary N) is 3. The topological polar surface area (TPSA) is 90.5 Å². The van der Waals surface area contributed by atoms with Crippen molar-refractivity contribution in [3.05, 3.63) is 34.3 Å². The Kier molecular flexibility index (Phi) is 4.86. The molecule has 7 nitrogen and oxygen atoms in total. The molecule has 1 aromatic rings. The Bertz CT molecular complexity index is 673. The minimum atomic E-state index is -0.840. The van der Waals surface area contributed by atoms with Gasteiger partial charge in [0.2, 0.25) is 5.91 Å². The number of benzene rings is 1. The number of carbonyl (C=O) groups excluding carboxylic acids is 3. The van der Waals surface area contributed by atoms with Crippen molar-refractivity contribution in [1.82, 2.24) is 20.9 Å². The summed E-state index contributed by atoms with van der Waals surface area (Å²) in [6, 6.07) is 7.08. The van der Waals surface area contributed by atoms with Crippen LogP contribution in [0.15, 0.2) is 28.7 Å². The van der Waals surface area contributed by atoms with E-state index in [0.717, 1.165) is 14.9 Å². The highest BCUT2D eigenvalue weighted by Gasteiger charge is 2.51. The van der Waals surface area contributed by atoms with E-state index in [4.69, 9.17) is 0 Å². The summed E-state index contributed by atoms with van der Waals surface area (Å²) >= 11 is 3.37. The third kappa shape index (κ3) is 3.44. The van der Waals surface area contributed by atoms with E-state index in [1.807, 2.05) is 24.3 Å². The highest BCUT2D eigenvalue weighted by molar-refractivity contribution is 9.10. The molecule has 3 N–H and O–H groups in total. The van der Waals surface area contributed by atoms with Crippen LogP contribution in [0.3, 0.4) is 0 Å². The highest BCUT2D eigenvalue weighted by Crippen LogP contribution is 2.26. The van der Waals surface area contributed by atoms with Crippen molar-refractivity contribution in [3.63, 3.8) is 0 Å². The molecule has 2 heterocycles. The van der Waals surface area contributed by atoms with Gasteiger partial charge in [0.25, 0.3) is 5.91 Å². The molecule has 2 aliphatic rings. The number of nitrogens with zero attached hydrogens (tertiary/aromatic N) is 1. The van der Waals surface area contributed by atoms with Gasteiger partial charge in [-0.3, -0.25) is 14.5 Å². The van der Waals surface area contributed by atoms with Crippen LogP contribution in [0, 0.1) is 0 Å². The van der Waals surface area contributed by atoms with Crippen molar-refractivity contribution < 1.29 is 14.4 Å². The summed E-state index contributed by atoms with van der Waals surface area (Å²) in [5.74, 6) is -0.656. The first-order valence-electron chi connectivity index (χ1n) is 7.86. The fraction of sp³-hybridized carbons (Fsp3) is 0.438. The predicted molar refractivity (Wildman–Crippen MR) is 91.1 cm³/mol. The lowest BCUT2D eigenvalue weighted by molar-refractivity contribution is -0.135. The number of amides is 4. The minimum absolute atomic E-state index is 0.256. The Morgan fingerprint density at radius 1 is 1.29 bits per heavy atom. The first-order valence-corrected chi connectivity index (χ1v) is 8.65. The molecular formula is C16H19BrN4O3. The zero-order valence-corrected chi connectivity index (χ0v) is 14.7. The summed E-state index contributed by atoms with van der Waals surface area (Å²) in [4.78, 5) is 37.8. The maximum absolute atomic E-state index is 12.6. The van der Waals surface area contributed by atoms with Gasteiger partial charge in [-0.25, -0.2) is 4.79 Å². The van der Waals surface area contributed by atoms with Crippen molar-refractivity contribution >= 4 is 33.8 Å². The lowest BCUT2D eigenvalue weighted by Crippen LogP contribution is -2.54. The van der Waals surface area contributed by atoms with E-state index < -0.39 is 11.6 Å². The van der Waals surface area contributed by atoms with E-state index in [9.17, 15) is 14.4 Å². The third-order valence-corrected chi connectivity index (χ3v) is 4.88. The molecule has 0 aliphatic carbocycles. The molecule has 0 atom stereocenters. The standard InChI is InChI=1S/C16H19BrN4O3/c17-12-3-1-2-11(8-12)9-19-13(22)10-21-14(23)16(20-15(21)24)4-6-18-7-5-16/h1-3,8,18H,4-7,9-10H2,(H,19,22)(H,20,24). The number of rotatable bonds is 4. The van der Waals surface area contributed by atoms with Crippen molar-refractivity contribution in [2.45, 2.75) is 24.9 Å². The van der Waals surface area contributed by atoms with E-state index in [0.29, 0.717) is 32.5 Å². The van der Waals surface area contributed by atoms with Gasteiger partial charge in [-0.2, -0.15) is 0 Å². The summed E-state index contributed by atoms with van der Waals surface area (Å²) in [6.45, 7) is 1.44. The number of halogens is 1. The van der Waals surface area contributed by atoms with Crippen LogP contribution in [0.1, 0.15) is 18.4 Å². The van der Waals surface area contributed by atoms with E-state index in [1.54, 1.807) is 0 Å². The molecule has 4 amide bonds. The fourth-order valence-corrected chi connectivity index (χ4v) is 3.51. The Morgan fingerprint density at radius 2 is 2.04 bits per heavy atom. The molecule has 0 unspecified atom stereocenters. The summed E-state index contributed by atoms with van der Waals surface area (Å²) in [6.07, 6.45) is 1.10. The maximum atomic E-state index is 12.6. The van der Waals surface area contributed by atoms with Crippen LogP contribution in [0.4, 0.5) is 4.79 Å². The van der Waals surface area contributed by atoms with Crippen LogP contribution < -0.4 is 16.0 Å². The highest BCUT2D eigenvalue weighted by atomic mass is 79.9. The molecule has 0 radical (unpaired) electrons. The Hall–Kier alpha value is -1.93. The monoisotopic (exact) mass is 394 g/mol. The second kappa shape index (κ2) is 6.90. The van der Waals surface area contributed by atoms with Gasteiger partial charge in [0.05, 0.1) is 0 Å². The first kappa shape index (κ1) is 16.9. The smallest absolute Gasteiger partial charge is 0.325 e.